The van der Waals surface area contributed by atoms with Crippen molar-refractivity contribution in [3.63, 3.8) is 0 Å². The van der Waals surface area contributed by atoms with Gasteiger partial charge in [0, 0.05) is 18.2 Å². The van der Waals surface area contributed by atoms with Crippen molar-refractivity contribution >= 4 is 0 Å². The zero-order valence-electron chi connectivity index (χ0n) is 7.93. The van der Waals surface area contributed by atoms with Gasteiger partial charge in [0.1, 0.15) is 0 Å². The fourth-order valence-electron chi connectivity index (χ4n) is 2.22. The standard InChI is InChI=1S/C11H17N/c1-8-3-4-10-9(2)5-6-12-11(10)7-8/h3,7,9-10,12H,4-6H2,1-2H3. The van der Waals surface area contributed by atoms with Gasteiger partial charge in [0.25, 0.3) is 0 Å². The highest BCUT2D eigenvalue weighted by Gasteiger charge is 2.26. The van der Waals surface area contributed by atoms with Crippen LogP contribution in [0.2, 0.25) is 0 Å². The molecule has 0 aromatic heterocycles. The molecule has 12 heavy (non-hydrogen) atoms. The Kier molecular flexibility index (Phi) is 1.95. The van der Waals surface area contributed by atoms with Crippen LogP contribution >= 0.6 is 0 Å². The van der Waals surface area contributed by atoms with Gasteiger partial charge in [-0.15, -0.1) is 0 Å². The first-order valence-electron chi connectivity index (χ1n) is 4.89. The number of allylic oxidation sites excluding steroid dienone is 4. The van der Waals surface area contributed by atoms with Crippen molar-refractivity contribution in [2.45, 2.75) is 26.7 Å². The van der Waals surface area contributed by atoms with Crippen LogP contribution < -0.4 is 5.32 Å². The lowest BCUT2D eigenvalue weighted by Crippen LogP contribution is -2.34. The van der Waals surface area contributed by atoms with E-state index in [1.165, 1.54) is 24.1 Å². The maximum Gasteiger partial charge on any atom is 0.0146 e. The minimum atomic E-state index is 0.780. The van der Waals surface area contributed by atoms with Gasteiger partial charge in [0.05, 0.1) is 0 Å². The first kappa shape index (κ1) is 7.90. The maximum atomic E-state index is 3.50. The summed E-state index contributed by atoms with van der Waals surface area (Å²) in [5.41, 5.74) is 2.90. The molecule has 0 aromatic carbocycles. The van der Waals surface area contributed by atoms with E-state index in [1.54, 1.807) is 0 Å². The Bertz CT molecular complexity index is 237. The molecule has 0 amide bonds. The lowest BCUT2D eigenvalue weighted by atomic mass is 9.80. The molecule has 0 radical (unpaired) electrons. The van der Waals surface area contributed by atoms with Crippen molar-refractivity contribution in [1.82, 2.24) is 5.32 Å². The van der Waals surface area contributed by atoms with E-state index in [0.717, 1.165) is 18.4 Å². The average Bonchev–Trinajstić information content (AvgIpc) is 2.04. The molecule has 1 fully saturated rings. The number of hydrogen-bond donors (Lipinski definition) is 1. The van der Waals surface area contributed by atoms with Gasteiger partial charge in [-0.05, 0) is 31.8 Å². The summed E-state index contributed by atoms with van der Waals surface area (Å²) in [6, 6.07) is 0. The lowest BCUT2D eigenvalue weighted by Gasteiger charge is -2.34. The molecule has 2 rings (SSSR count). The molecular weight excluding hydrogens is 146 g/mol. The Labute approximate surface area is 74.5 Å². The molecule has 1 nitrogen and oxygen atoms in total. The summed E-state index contributed by atoms with van der Waals surface area (Å²) in [7, 11) is 0. The van der Waals surface area contributed by atoms with Crippen molar-refractivity contribution in [3.05, 3.63) is 23.4 Å². The highest BCUT2D eigenvalue weighted by Crippen LogP contribution is 2.32. The summed E-state index contributed by atoms with van der Waals surface area (Å²) in [6.07, 6.45) is 7.24. The van der Waals surface area contributed by atoms with Gasteiger partial charge in [0.15, 0.2) is 0 Å². The van der Waals surface area contributed by atoms with E-state index in [4.69, 9.17) is 0 Å². The Morgan fingerprint density at radius 1 is 1.50 bits per heavy atom. The van der Waals surface area contributed by atoms with Gasteiger partial charge in [-0.2, -0.15) is 0 Å². The number of fused-ring (bicyclic) bond motifs is 1. The summed E-state index contributed by atoms with van der Waals surface area (Å²) in [5, 5.41) is 3.50. The molecule has 0 saturated carbocycles. The second kappa shape index (κ2) is 2.96. The van der Waals surface area contributed by atoms with Crippen molar-refractivity contribution in [2.24, 2.45) is 11.8 Å². The monoisotopic (exact) mass is 163 g/mol. The van der Waals surface area contributed by atoms with Crippen LogP contribution in [-0.4, -0.2) is 6.54 Å². The van der Waals surface area contributed by atoms with E-state index in [9.17, 15) is 0 Å². The molecule has 0 spiro atoms. The van der Waals surface area contributed by atoms with E-state index in [1.807, 2.05) is 0 Å². The Balaban J connectivity index is 2.20. The predicted octanol–water partition coefficient (Wildman–Crippen LogP) is 2.47. The lowest BCUT2D eigenvalue weighted by molar-refractivity contribution is 0.322. The van der Waals surface area contributed by atoms with E-state index < -0.39 is 0 Å². The molecule has 66 valence electrons. The number of rotatable bonds is 0. The number of piperidine rings is 1. The average molecular weight is 163 g/mol. The summed E-state index contributed by atoms with van der Waals surface area (Å²) in [5.74, 6) is 1.64. The quantitative estimate of drug-likeness (QED) is 0.578. The van der Waals surface area contributed by atoms with Crippen LogP contribution in [0.4, 0.5) is 0 Å². The highest BCUT2D eigenvalue weighted by molar-refractivity contribution is 5.28. The zero-order valence-corrected chi connectivity index (χ0v) is 7.93. The van der Waals surface area contributed by atoms with E-state index in [2.05, 4.69) is 31.3 Å². The van der Waals surface area contributed by atoms with Crippen LogP contribution in [0.15, 0.2) is 23.4 Å². The minimum Gasteiger partial charge on any atom is -0.388 e. The normalized spacial score (nSPS) is 34.5. The van der Waals surface area contributed by atoms with Crippen LogP contribution in [0.5, 0.6) is 0 Å². The Morgan fingerprint density at radius 2 is 2.33 bits per heavy atom. The molecule has 1 heterocycles. The van der Waals surface area contributed by atoms with Crippen molar-refractivity contribution < 1.29 is 0 Å². The molecule has 0 aromatic rings. The van der Waals surface area contributed by atoms with Crippen LogP contribution in [0.25, 0.3) is 0 Å². The molecule has 2 unspecified atom stereocenters. The molecule has 2 aliphatic rings. The fourth-order valence-corrected chi connectivity index (χ4v) is 2.22. The second-order valence-corrected chi connectivity index (χ2v) is 4.08. The van der Waals surface area contributed by atoms with E-state index >= 15 is 0 Å². The smallest absolute Gasteiger partial charge is 0.0146 e. The Hall–Kier alpha value is -0.720. The van der Waals surface area contributed by atoms with E-state index in [-0.39, 0.29) is 0 Å². The molecule has 1 aliphatic heterocycles. The third-order valence-corrected chi connectivity index (χ3v) is 3.09. The van der Waals surface area contributed by atoms with Gasteiger partial charge in [-0.25, -0.2) is 0 Å². The number of hydrogen-bond acceptors (Lipinski definition) is 1. The first-order chi connectivity index (χ1) is 5.77. The molecule has 1 aliphatic carbocycles. The van der Waals surface area contributed by atoms with Crippen LogP contribution in [0, 0.1) is 11.8 Å². The van der Waals surface area contributed by atoms with Gasteiger partial charge in [-0.3, -0.25) is 0 Å². The highest BCUT2D eigenvalue weighted by atomic mass is 14.9. The van der Waals surface area contributed by atoms with Crippen LogP contribution in [0.1, 0.15) is 26.7 Å². The summed E-state index contributed by atoms with van der Waals surface area (Å²) >= 11 is 0. The molecule has 0 bridgehead atoms. The third-order valence-electron chi connectivity index (χ3n) is 3.09. The molecule has 1 saturated heterocycles. The van der Waals surface area contributed by atoms with E-state index in [0.29, 0.717) is 0 Å². The second-order valence-electron chi connectivity index (χ2n) is 4.08. The Morgan fingerprint density at radius 3 is 3.17 bits per heavy atom. The van der Waals surface area contributed by atoms with Crippen molar-refractivity contribution in [1.29, 1.82) is 0 Å². The third kappa shape index (κ3) is 1.28. The SMILES string of the molecule is CC1=CCC2C(=C1)NCCC2C. The molecular formula is C11H17N. The number of nitrogens with one attached hydrogen (secondary N) is 1. The minimum absolute atomic E-state index is 0.780. The predicted molar refractivity (Wildman–Crippen MR) is 51.7 cm³/mol. The topological polar surface area (TPSA) is 12.0 Å². The fraction of sp³-hybridized carbons (Fsp3) is 0.636. The van der Waals surface area contributed by atoms with Crippen molar-refractivity contribution in [3.8, 4) is 0 Å². The van der Waals surface area contributed by atoms with Crippen molar-refractivity contribution in [2.75, 3.05) is 6.54 Å². The summed E-state index contributed by atoms with van der Waals surface area (Å²) in [4.78, 5) is 0. The summed E-state index contributed by atoms with van der Waals surface area (Å²) < 4.78 is 0. The van der Waals surface area contributed by atoms with Crippen LogP contribution in [-0.2, 0) is 0 Å². The zero-order chi connectivity index (χ0) is 8.55. The molecule has 2 atom stereocenters. The molecule has 1 N–H and O–H groups in total. The summed E-state index contributed by atoms with van der Waals surface area (Å²) in [6.45, 7) is 5.72. The van der Waals surface area contributed by atoms with Gasteiger partial charge < -0.3 is 5.32 Å². The van der Waals surface area contributed by atoms with Gasteiger partial charge in [-0.1, -0.05) is 18.6 Å². The largest absolute Gasteiger partial charge is 0.388 e. The van der Waals surface area contributed by atoms with Gasteiger partial charge >= 0.3 is 0 Å². The van der Waals surface area contributed by atoms with Gasteiger partial charge in [0.2, 0.25) is 0 Å². The molecule has 1 heteroatoms. The van der Waals surface area contributed by atoms with Crippen LogP contribution in [0.3, 0.4) is 0 Å². The maximum absolute atomic E-state index is 3.50. The first-order valence-corrected chi connectivity index (χ1v) is 4.89.